The van der Waals surface area contributed by atoms with Crippen LogP contribution in [0.2, 0.25) is 0 Å². The van der Waals surface area contributed by atoms with Gasteiger partial charge in [0.25, 0.3) is 0 Å². The molecule has 3 rings (SSSR count). The number of nitrogens with zero attached hydrogens (tertiary/aromatic N) is 2. The topological polar surface area (TPSA) is 61.8 Å². The van der Waals surface area contributed by atoms with E-state index in [0.717, 1.165) is 0 Å². The Morgan fingerprint density at radius 2 is 1.37 bits per heavy atom. The average molecular weight is 253 g/mol. The number of aliphatic hydroxyl groups is 1. The van der Waals surface area contributed by atoms with Crippen molar-refractivity contribution >= 4 is 0 Å². The number of aromatic nitrogens is 3. The maximum atomic E-state index is 8.28. The van der Waals surface area contributed by atoms with E-state index in [1.807, 2.05) is 12.1 Å². The first-order valence-corrected chi connectivity index (χ1v) is 5.96. The highest BCUT2D eigenvalue weighted by Gasteiger charge is 1.91. The zero-order chi connectivity index (χ0) is 13.3. The van der Waals surface area contributed by atoms with E-state index in [-0.39, 0.29) is 6.61 Å². The van der Waals surface area contributed by atoms with Gasteiger partial charge in [-0.1, -0.05) is 60.7 Å². The third kappa shape index (κ3) is 4.04. The fourth-order valence-corrected chi connectivity index (χ4v) is 1.57. The van der Waals surface area contributed by atoms with Crippen LogP contribution in [-0.4, -0.2) is 20.3 Å². The molecule has 4 nitrogen and oxygen atoms in total. The molecule has 0 radical (unpaired) electrons. The Kier molecular flexibility index (Phi) is 4.84. The fraction of sp³-hybridized carbons (Fsp3) is 0.0667. The molecule has 0 saturated carbocycles. The Morgan fingerprint density at radius 3 is 1.68 bits per heavy atom. The van der Waals surface area contributed by atoms with Crippen molar-refractivity contribution in [3.63, 3.8) is 0 Å². The lowest BCUT2D eigenvalue weighted by atomic mass is 10.1. The summed E-state index contributed by atoms with van der Waals surface area (Å²) in [6, 6.07) is 20.8. The molecule has 0 bridgehead atoms. The highest BCUT2D eigenvalue weighted by molar-refractivity contribution is 5.62. The Balaban J connectivity index is 0.000000163. The predicted molar refractivity (Wildman–Crippen MR) is 74.2 cm³/mol. The molecule has 0 fully saturated rings. The van der Waals surface area contributed by atoms with Crippen LogP contribution < -0.4 is 0 Å². The van der Waals surface area contributed by atoms with Crippen LogP contribution >= 0.6 is 0 Å². The summed E-state index contributed by atoms with van der Waals surface area (Å²) in [5.41, 5.74) is 2.55. The van der Waals surface area contributed by atoms with E-state index < -0.39 is 0 Å². The zero-order valence-electron chi connectivity index (χ0n) is 10.4. The molecule has 0 aliphatic carbocycles. The standard InChI is InChI=1S/C12H10.C3H5N3O/c1-3-7-11(8-4-1)12-9-5-2-6-10-12;7-1-3-4-2-5-6-3/h1-10H;2,7H,1H2,(H,4,5,6). The third-order valence-corrected chi connectivity index (χ3v) is 2.49. The lowest BCUT2D eigenvalue weighted by molar-refractivity contribution is 0.272. The fourth-order valence-electron chi connectivity index (χ4n) is 1.57. The number of aliphatic hydroxyl groups excluding tert-OH is 1. The number of nitrogens with one attached hydrogen (secondary N) is 1. The predicted octanol–water partition coefficient (Wildman–Crippen LogP) is 2.65. The Hall–Kier alpha value is -2.46. The first-order chi connectivity index (χ1) is 9.40. The number of H-pyrrole nitrogens is 1. The zero-order valence-corrected chi connectivity index (χ0v) is 10.4. The van der Waals surface area contributed by atoms with Crippen molar-refractivity contribution in [2.75, 3.05) is 0 Å². The van der Waals surface area contributed by atoms with E-state index in [4.69, 9.17) is 5.11 Å². The van der Waals surface area contributed by atoms with Gasteiger partial charge in [-0.3, -0.25) is 5.10 Å². The monoisotopic (exact) mass is 253 g/mol. The molecule has 3 aromatic rings. The van der Waals surface area contributed by atoms with E-state index in [1.54, 1.807) is 0 Å². The minimum absolute atomic E-state index is 0.0938. The highest BCUT2D eigenvalue weighted by atomic mass is 16.3. The van der Waals surface area contributed by atoms with E-state index >= 15 is 0 Å². The van der Waals surface area contributed by atoms with Gasteiger partial charge >= 0.3 is 0 Å². The van der Waals surface area contributed by atoms with Crippen LogP contribution in [0.4, 0.5) is 0 Å². The van der Waals surface area contributed by atoms with Gasteiger partial charge in [0, 0.05) is 0 Å². The molecule has 0 saturated heterocycles. The summed E-state index contributed by atoms with van der Waals surface area (Å²) in [4.78, 5) is 3.62. The SMILES string of the molecule is OCc1nc[nH]n1.c1ccc(-c2ccccc2)cc1. The molecule has 19 heavy (non-hydrogen) atoms. The van der Waals surface area contributed by atoms with Crippen molar-refractivity contribution in [1.82, 2.24) is 15.2 Å². The van der Waals surface area contributed by atoms with Crippen LogP contribution in [0.3, 0.4) is 0 Å². The lowest BCUT2D eigenvalue weighted by Gasteiger charge is -1.98. The van der Waals surface area contributed by atoms with Gasteiger partial charge in [-0.15, -0.1) is 0 Å². The first kappa shape index (κ1) is 13.0. The Labute approximate surface area is 111 Å². The summed E-state index contributed by atoms with van der Waals surface area (Å²) in [5.74, 6) is 0.431. The van der Waals surface area contributed by atoms with Gasteiger partial charge < -0.3 is 5.11 Å². The molecule has 96 valence electrons. The number of aromatic amines is 1. The highest BCUT2D eigenvalue weighted by Crippen LogP contribution is 2.17. The van der Waals surface area contributed by atoms with Gasteiger partial charge in [-0.05, 0) is 11.1 Å². The number of rotatable bonds is 2. The molecular formula is C15H15N3O. The van der Waals surface area contributed by atoms with Crippen LogP contribution in [0, 0.1) is 0 Å². The summed E-state index contributed by atoms with van der Waals surface area (Å²) in [6.07, 6.45) is 1.42. The van der Waals surface area contributed by atoms with Crippen molar-refractivity contribution < 1.29 is 5.11 Å². The summed E-state index contributed by atoms with van der Waals surface area (Å²) < 4.78 is 0. The van der Waals surface area contributed by atoms with E-state index in [2.05, 4.69) is 63.7 Å². The average Bonchev–Trinajstić information content (AvgIpc) is 3.03. The number of benzene rings is 2. The van der Waals surface area contributed by atoms with Gasteiger partial charge in [-0.2, -0.15) is 5.10 Å². The van der Waals surface area contributed by atoms with Crippen LogP contribution in [0.5, 0.6) is 0 Å². The largest absolute Gasteiger partial charge is 0.388 e. The molecular weight excluding hydrogens is 238 g/mol. The second kappa shape index (κ2) is 7.08. The lowest BCUT2D eigenvalue weighted by Crippen LogP contribution is -1.83. The molecule has 0 aliphatic heterocycles. The van der Waals surface area contributed by atoms with Crippen molar-refractivity contribution in [1.29, 1.82) is 0 Å². The second-order valence-corrected chi connectivity index (χ2v) is 3.81. The van der Waals surface area contributed by atoms with Crippen LogP contribution in [-0.2, 0) is 6.61 Å². The van der Waals surface area contributed by atoms with Crippen LogP contribution in [0.15, 0.2) is 67.0 Å². The smallest absolute Gasteiger partial charge is 0.175 e. The van der Waals surface area contributed by atoms with E-state index in [0.29, 0.717) is 5.82 Å². The number of hydrogen-bond acceptors (Lipinski definition) is 3. The van der Waals surface area contributed by atoms with E-state index in [1.165, 1.54) is 17.5 Å². The van der Waals surface area contributed by atoms with Crippen molar-refractivity contribution in [3.8, 4) is 11.1 Å². The molecule has 0 spiro atoms. The van der Waals surface area contributed by atoms with Crippen molar-refractivity contribution in [2.45, 2.75) is 6.61 Å². The van der Waals surface area contributed by atoms with Crippen LogP contribution in [0.1, 0.15) is 5.82 Å². The maximum absolute atomic E-state index is 8.28. The molecule has 0 atom stereocenters. The summed E-state index contributed by atoms with van der Waals surface area (Å²) >= 11 is 0. The molecule has 0 amide bonds. The second-order valence-electron chi connectivity index (χ2n) is 3.81. The summed E-state index contributed by atoms with van der Waals surface area (Å²) in [5, 5.41) is 14.3. The number of hydrogen-bond donors (Lipinski definition) is 2. The van der Waals surface area contributed by atoms with Crippen LogP contribution in [0.25, 0.3) is 11.1 Å². The molecule has 2 aromatic carbocycles. The molecule has 4 heteroatoms. The van der Waals surface area contributed by atoms with Crippen molar-refractivity contribution in [2.24, 2.45) is 0 Å². The minimum Gasteiger partial charge on any atom is -0.388 e. The van der Waals surface area contributed by atoms with E-state index in [9.17, 15) is 0 Å². The molecule has 1 aromatic heterocycles. The molecule has 2 N–H and O–H groups in total. The molecule has 0 aliphatic rings. The Bertz CT molecular complexity index is 527. The van der Waals surface area contributed by atoms with Gasteiger partial charge in [0.2, 0.25) is 0 Å². The normalized spacial score (nSPS) is 9.53. The third-order valence-electron chi connectivity index (χ3n) is 2.49. The quantitative estimate of drug-likeness (QED) is 0.738. The van der Waals surface area contributed by atoms with Crippen molar-refractivity contribution in [3.05, 3.63) is 72.8 Å². The van der Waals surface area contributed by atoms with Gasteiger partial charge in [0.15, 0.2) is 5.82 Å². The molecule has 0 unspecified atom stereocenters. The summed E-state index contributed by atoms with van der Waals surface area (Å²) in [7, 11) is 0. The summed E-state index contributed by atoms with van der Waals surface area (Å²) in [6.45, 7) is -0.0938. The van der Waals surface area contributed by atoms with Gasteiger partial charge in [0.05, 0.1) is 0 Å². The molecule has 1 heterocycles. The van der Waals surface area contributed by atoms with Gasteiger partial charge in [-0.25, -0.2) is 4.98 Å². The Morgan fingerprint density at radius 1 is 0.842 bits per heavy atom. The minimum atomic E-state index is -0.0938. The maximum Gasteiger partial charge on any atom is 0.175 e. The first-order valence-electron chi connectivity index (χ1n) is 5.96. The van der Waals surface area contributed by atoms with Gasteiger partial charge in [0.1, 0.15) is 12.9 Å².